The van der Waals surface area contributed by atoms with Gasteiger partial charge in [0.15, 0.2) is 0 Å². The molecule has 0 amide bonds. The number of aromatic nitrogens is 2. The number of ether oxygens (including phenoxy) is 1. The zero-order valence-electron chi connectivity index (χ0n) is 10.7. The molecule has 100 valence electrons. The second-order valence-corrected chi connectivity index (χ2v) is 4.79. The van der Waals surface area contributed by atoms with Gasteiger partial charge in [-0.15, -0.1) is 0 Å². The molecule has 1 heterocycles. The molecule has 1 aliphatic rings. The number of H-pyrrole nitrogens is 1. The molecular weight excluding hydrogens is 232 g/mol. The summed E-state index contributed by atoms with van der Waals surface area (Å²) in [4.78, 5) is 18.3. The first kappa shape index (κ1) is 13.1. The van der Waals surface area contributed by atoms with E-state index in [1.165, 1.54) is 12.8 Å². The van der Waals surface area contributed by atoms with E-state index in [9.17, 15) is 9.90 Å². The molecule has 1 aromatic heterocycles. The second kappa shape index (κ2) is 5.52. The minimum atomic E-state index is -0.539. The van der Waals surface area contributed by atoms with E-state index >= 15 is 0 Å². The molecular formula is C13H20N2O3. The second-order valence-electron chi connectivity index (χ2n) is 4.79. The minimum Gasteiger partial charge on any atom is -0.493 e. The van der Waals surface area contributed by atoms with Gasteiger partial charge in [0.25, 0.3) is 5.56 Å². The largest absolute Gasteiger partial charge is 0.493 e. The van der Waals surface area contributed by atoms with Crippen LogP contribution < -0.4 is 5.56 Å². The van der Waals surface area contributed by atoms with Crippen LogP contribution in [0.15, 0.2) is 10.9 Å². The molecule has 18 heavy (non-hydrogen) atoms. The van der Waals surface area contributed by atoms with Crippen LogP contribution in [0.5, 0.6) is 5.88 Å². The highest BCUT2D eigenvalue weighted by atomic mass is 16.5. The van der Waals surface area contributed by atoms with Gasteiger partial charge in [-0.2, -0.15) is 4.98 Å². The third kappa shape index (κ3) is 2.72. The van der Waals surface area contributed by atoms with Gasteiger partial charge < -0.3 is 14.8 Å². The van der Waals surface area contributed by atoms with Gasteiger partial charge in [0.1, 0.15) is 11.4 Å². The maximum absolute atomic E-state index is 11.5. The Hall–Kier alpha value is -1.36. The van der Waals surface area contributed by atoms with Crippen molar-refractivity contribution in [3.8, 4) is 5.88 Å². The van der Waals surface area contributed by atoms with Crippen molar-refractivity contribution in [1.29, 1.82) is 0 Å². The first-order chi connectivity index (χ1) is 8.66. The average molecular weight is 252 g/mol. The SMILES string of the molecule is CCOC1(c2nc(O)cc(=O)[nH]2)CCCCCC1. The molecule has 0 atom stereocenters. The van der Waals surface area contributed by atoms with Crippen LogP contribution in [0.1, 0.15) is 51.3 Å². The van der Waals surface area contributed by atoms with Crippen LogP contribution in [-0.4, -0.2) is 21.7 Å². The molecule has 0 saturated heterocycles. The van der Waals surface area contributed by atoms with Crippen LogP contribution in [0.4, 0.5) is 0 Å². The molecule has 1 aliphatic carbocycles. The lowest BCUT2D eigenvalue weighted by atomic mass is 9.93. The lowest BCUT2D eigenvalue weighted by Gasteiger charge is -2.31. The fourth-order valence-corrected chi connectivity index (χ4v) is 2.69. The number of aromatic hydroxyl groups is 1. The molecule has 0 spiro atoms. The smallest absolute Gasteiger partial charge is 0.254 e. The number of rotatable bonds is 3. The summed E-state index contributed by atoms with van der Waals surface area (Å²) in [5.74, 6) is 0.230. The van der Waals surface area contributed by atoms with Gasteiger partial charge in [-0.3, -0.25) is 4.79 Å². The Morgan fingerprint density at radius 2 is 2.06 bits per heavy atom. The quantitative estimate of drug-likeness (QED) is 0.807. The molecule has 2 rings (SSSR count). The number of hydrogen-bond acceptors (Lipinski definition) is 4. The van der Waals surface area contributed by atoms with Crippen molar-refractivity contribution in [2.45, 2.75) is 51.0 Å². The van der Waals surface area contributed by atoms with E-state index in [0.29, 0.717) is 12.4 Å². The topological polar surface area (TPSA) is 75.2 Å². The van der Waals surface area contributed by atoms with Crippen LogP contribution >= 0.6 is 0 Å². The lowest BCUT2D eigenvalue weighted by molar-refractivity contribution is -0.0629. The van der Waals surface area contributed by atoms with Gasteiger partial charge in [-0.1, -0.05) is 25.7 Å². The van der Waals surface area contributed by atoms with E-state index in [2.05, 4.69) is 9.97 Å². The number of aromatic amines is 1. The molecule has 1 aromatic rings. The van der Waals surface area contributed by atoms with E-state index in [1.807, 2.05) is 6.92 Å². The first-order valence-corrected chi connectivity index (χ1v) is 6.61. The minimum absolute atomic E-state index is 0.239. The van der Waals surface area contributed by atoms with Crippen molar-refractivity contribution in [2.24, 2.45) is 0 Å². The molecule has 1 saturated carbocycles. The third-order valence-electron chi connectivity index (χ3n) is 3.49. The molecule has 0 aromatic carbocycles. The molecule has 0 aliphatic heterocycles. The van der Waals surface area contributed by atoms with Gasteiger partial charge in [-0.25, -0.2) is 0 Å². The summed E-state index contributed by atoms with van der Waals surface area (Å²) >= 11 is 0. The summed E-state index contributed by atoms with van der Waals surface area (Å²) in [5.41, 5.74) is -0.871. The van der Waals surface area contributed by atoms with Gasteiger partial charge in [0.05, 0.1) is 6.07 Å². The van der Waals surface area contributed by atoms with Crippen molar-refractivity contribution < 1.29 is 9.84 Å². The normalized spacial score (nSPS) is 19.4. The molecule has 2 N–H and O–H groups in total. The fraction of sp³-hybridized carbons (Fsp3) is 0.692. The third-order valence-corrected chi connectivity index (χ3v) is 3.49. The fourth-order valence-electron chi connectivity index (χ4n) is 2.69. The van der Waals surface area contributed by atoms with Gasteiger partial charge >= 0.3 is 0 Å². The Morgan fingerprint density at radius 1 is 1.39 bits per heavy atom. The van der Waals surface area contributed by atoms with Crippen molar-refractivity contribution in [2.75, 3.05) is 6.61 Å². The summed E-state index contributed by atoms with van der Waals surface area (Å²) in [5, 5.41) is 9.49. The monoisotopic (exact) mass is 252 g/mol. The maximum atomic E-state index is 11.5. The highest BCUT2D eigenvalue weighted by Gasteiger charge is 2.36. The Labute approximate surface area is 106 Å². The number of nitrogens with zero attached hydrogens (tertiary/aromatic N) is 1. The zero-order valence-corrected chi connectivity index (χ0v) is 10.7. The van der Waals surface area contributed by atoms with Crippen LogP contribution in [-0.2, 0) is 10.3 Å². The van der Waals surface area contributed by atoms with E-state index < -0.39 is 5.60 Å². The standard InChI is InChI=1S/C13H20N2O3/c1-2-18-13(7-5-3-4-6-8-13)12-14-10(16)9-11(17)15-12/h9H,2-8H2,1H3,(H2,14,15,16,17). The van der Waals surface area contributed by atoms with Crippen molar-refractivity contribution in [3.63, 3.8) is 0 Å². The summed E-state index contributed by atoms with van der Waals surface area (Å²) in [7, 11) is 0. The van der Waals surface area contributed by atoms with E-state index in [0.717, 1.165) is 31.7 Å². The average Bonchev–Trinajstić information content (AvgIpc) is 2.55. The van der Waals surface area contributed by atoms with Crippen molar-refractivity contribution >= 4 is 0 Å². The molecule has 5 heteroatoms. The lowest BCUT2D eigenvalue weighted by Crippen LogP contribution is -2.33. The summed E-state index contributed by atoms with van der Waals surface area (Å²) in [6, 6.07) is 1.08. The van der Waals surface area contributed by atoms with Crippen LogP contribution in [0, 0.1) is 0 Å². The van der Waals surface area contributed by atoms with Crippen LogP contribution in [0.3, 0.4) is 0 Å². The zero-order chi connectivity index (χ0) is 13.0. The Bertz CT molecular complexity index is 448. The van der Waals surface area contributed by atoms with Gasteiger partial charge in [0, 0.05) is 6.61 Å². The number of nitrogens with one attached hydrogen (secondary N) is 1. The Kier molecular flexibility index (Phi) is 4.01. The predicted molar refractivity (Wildman–Crippen MR) is 67.5 cm³/mol. The predicted octanol–water partition coefficient (Wildman–Crippen LogP) is 2.06. The van der Waals surface area contributed by atoms with Crippen LogP contribution in [0.25, 0.3) is 0 Å². The summed E-state index contributed by atoms with van der Waals surface area (Å²) < 4.78 is 5.90. The Balaban J connectivity index is 2.41. The van der Waals surface area contributed by atoms with Gasteiger partial charge in [-0.05, 0) is 19.8 Å². The molecule has 5 nitrogen and oxygen atoms in total. The van der Waals surface area contributed by atoms with Crippen molar-refractivity contribution in [3.05, 3.63) is 22.2 Å². The molecule has 1 fully saturated rings. The van der Waals surface area contributed by atoms with E-state index in [-0.39, 0.29) is 11.4 Å². The highest BCUT2D eigenvalue weighted by molar-refractivity contribution is 5.12. The van der Waals surface area contributed by atoms with E-state index in [1.54, 1.807) is 0 Å². The molecule has 0 radical (unpaired) electrons. The summed E-state index contributed by atoms with van der Waals surface area (Å²) in [6.07, 6.45) is 6.15. The number of hydrogen-bond donors (Lipinski definition) is 2. The first-order valence-electron chi connectivity index (χ1n) is 6.61. The Morgan fingerprint density at radius 3 is 2.61 bits per heavy atom. The molecule has 0 unspecified atom stereocenters. The highest BCUT2D eigenvalue weighted by Crippen LogP contribution is 2.37. The van der Waals surface area contributed by atoms with Crippen LogP contribution in [0.2, 0.25) is 0 Å². The van der Waals surface area contributed by atoms with Crippen molar-refractivity contribution in [1.82, 2.24) is 9.97 Å². The molecule has 0 bridgehead atoms. The summed E-state index contributed by atoms with van der Waals surface area (Å²) in [6.45, 7) is 2.51. The maximum Gasteiger partial charge on any atom is 0.254 e. The van der Waals surface area contributed by atoms with E-state index in [4.69, 9.17) is 4.74 Å². The van der Waals surface area contributed by atoms with Gasteiger partial charge in [0.2, 0.25) is 5.88 Å².